The number of rotatable bonds is 4. The van der Waals surface area contributed by atoms with Gasteiger partial charge >= 0.3 is 6.36 Å². The molecule has 3 nitrogen and oxygen atoms in total. The van der Waals surface area contributed by atoms with E-state index in [1.54, 1.807) is 18.2 Å². The van der Waals surface area contributed by atoms with Crippen LogP contribution in [0, 0.1) is 0 Å². The third-order valence-electron chi connectivity index (χ3n) is 4.75. The van der Waals surface area contributed by atoms with Gasteiger partial charge in [-0.25, -0.2) is 0 Å². The van der Waals surface area contributed by atoms with E-state index in [1.807, 2.05) is 0 Å². The predicted octanol–water partition coefficient (Wildman–Crippen LogP) is 3.65. The molecule has 23 heavy (non-hydrogen) atoms. The SMILES string of the molecule is FC(F)(F)Oc1ccccc1CN1CCC(N2CCCCC2)C1. The van der Waals surface area contributed by atoms with E-state index in [0.717, 1.165) is 32.6 Å². The molecule has 0 saturated carbocycles. The Morgan fingerprint density at radius 3 is 2.52 bits per heavy atom. The molecule has 0 amide bonds. The number of ether oxygens (including phenoxy) is 1. The van der Waals surface area contributed by atoms with Gasteiger partial charge in [0.15, 0.2) is 0 Å². The fraction of sp³-hybridized carbons (Fsp3) is 0.647. The Morgan fingerprint density at radius 1 is 1.04 bits per heavy atom. The second-order valence-electron chi connectivity index (χ2n) is 6.43. The molecule has 6 heteroatoms. The molecule has 2 fully saturated rings. The van der Waals surface area contributed by atoms with Crippen molar-refractivity contribution in [3.05, 3.63) is 29.8 Å². The minimum absolute atomic E-state index is 0.0820. The highest BCUT2D eigenvalue weighted by Gasteiger charge is 2.33. The maximum absolute atomic E-state index is 12.5. The summed E-state index contributed by atoms with van der Waals surface area (Å²) in [4.78, 5) is 4.78. The van der Waals surface area contributed by atoms with Crippen molar-refractivity contribution in [2.75, 3.05) is 26.2 Å². The molecule has 2 saturated heterocycles. The molecule has 0 spiro atoms. The lowest BCUT2D eigenvalue weighted by Gasteiger charge is -2.32. The maximum atomic E-state index is 12.5. The van der Waals surface area contributed by atoms with Crippen LogP contribution < -0.4 is 4.74 Å². The number of benzene rings is 1. The van der Waals surface area contributed by atoms with Crippen LogP contribution in [0.25, 0.3) is 0 Å². The normalized spacial score (nSPS) is 24.0. The third kappa shape index (κ3) is 4.61. The Hall–Kier alpha value is -1.27. The van der Waals surface area contributed by atoms with Gasteiger partial charge in [-0.05, 0) is 38.4 Å². The zero-order chi connectivity index (χ0) is 16.3. The number of halogens is 3. The Bertz CT molecular complexity index is 515. The first-order chi connectivity index (χ1) is 11.0. The highest BCUT2D eigenvalue weighted by Crippen LogP contribution is 2.28. The molecule has 0 radical (unpaired) electrons. The van der Waals surface area contributed by atoms with Gasteiger partial charge in [0.1, 0.15) is 5.75 Å². The standard InChI is InChI=1S/C17H23F3N2O/c18-17(19,20)23-16-7-3-2-6-14(16)12-21-11-8-15(13-21)22-9-4-1-5-10-22/h2-3,6-7,15H,1,4-5,8-13H2. The summed E-state index contributed by atoms with van der Waals surface area (Å²) < 4.78 is 41.6. The van der Waals surface area contributed by atoms with Gasteiger partial charge in [-0.3, -0.25) is 9.80 Å². The van der Waals surface area contributed by atoms with Gasteiger partial charge in [-0.15, -0.1) is 13.2 Å². The van der Waals surface area contributed by atoms with Crippen molar-refractivity contribution in [3.63, 3.8) is 0 Å². The van der Waals surface area contributed by atoms with Gasteiger partial charge in [-0.2, -0.15) is 0 Å². The van der Waals surface area contributed by atoms with Crippen LogP contribution in [-0.4, -0.2) is 48.4 Å². The van der Waals surface area contributed by atoms with Crippen LogP contribution in [0.5, 0.6) is 5.75 Å². The Labute approximate surface area is 135 Å². The smallest absolute Gasteiger partial charge is 0.405 e. The van der Waals surface area contributed by atoms with Crippen molar-refractivity contribution in [3.8, 4) is 5.75 Å². The number of piperidine rings is 1. The Kier molecular flexibility index (Phi) is 5.11. The number of likely N-dealkylation sites (tertiary alicyclic amines) is 2. The first-order valence-corrected chi connectivity index (χ1v) is 8.31. The maximum Gasteiger partial charge on any atom is 0.573 e. The average molecular weight is 328 g/mol. The summed E-state index contributed by atoms with van der Waals surface area (Å²) in [7, 11) is 0. The highest BCUT2D eigenvalue weighted by molar-refractivity contribution is 5.33. The van der Waals surface area contributed by atoms with Gasteiger partial charge in [0.2, 0.25) is 0 Å². The molecule has 1 atom stereocenters. The Morgan fingerprint density at radius 2 is 1.78 bits per heavy atom. The molecular weight excluding hydrogens is 305 g/mol. The van der Waals surface area contributed by atoms with Crippen LogP contribution in [-0.2, 0) is 6.54 Å². The first-order valence-electron chi connectivity index (χ1n) is 8.31. The van der Waals surface area contributed by atoms with Gasteiger partial charge in [0.25, 0.3) is 0 Å². The minimum Gasteiger partial charge on any atom is -0.405 e. The molecule has 1 aromatic carbocycles. The second kappa shape index (κ2) is 7.09. The van der Waals surface area contributed by atoms with E-state index in [4.69, 9.17) is 0 Å². The fourth-order valence-electron chi connectivity index (χ4n) is 3.64. The van der Waals surface area contributed by atoms with Crippen molar-refractivity contribution < 1.29 is 17.9 Å². The topological polar surface area (TPSA) is 15.7 Å². The zero-order valence-electron chi connectivity index (χ0n) is 13.2. The molecule has 0 N–H and O–H groups in total. The van der Waals surface area contributed by atoms with E-state index >= 15 is 0 Å². The third-order valence-corrected chi connectivity index (χ3v) is 4.75. The number of nitrogens with zero attached hydrogens (tertiary/aromatic N) is 2. The highest BCUT2D eigenvalue weighted by atomic mass is 19.4. The lowest BCUT2D eigenvalue weighted by molar-refractivity contribution is -0.275. The van der Waals surface area contributed by atoms with Crippen LogP contribution >= 0.6 is 0 Å². The average Bonchev–Trinajstić information content (AvgIpc) is 2.97. The van der Waals surface area contributed by atoms with Crippen LogP contribution in [0.15, 0.2) is 24.3 Å². The van der Waals surface area contributed by atoms with Crippen LogP contribution in [0.2, 0.25) is 0 Å². The van der Waals surface area contributed by atoms with E-state index in [9.17, 15) is 13.2 Å². The van der Waals surface area contributed by atoms with Crippen molar-refractivity contribution in [1.29, 1.82) is 0 Å². The number of alkyl halides is 3. The summed E-state index contributed by atoms with van der Waals surface area (Å²) in [6.45, 7) is 4.69. The summed E-state index contributed by atoms with van der Waals surface area (Å²) in [6.07, 6.45) is 0.298. The van der Waals surface area contributed by atoms with Crippen molar-refractivity contribution >= 4 is 0 Å². The van der Waals surface area contributed by atoms with Crippen molar-refractivity contribution in [2.24, 2.45) is 0 Å². The summed E-state index contributed by atoms with van der Waals surface area (Å²) >= 11 is 0. The monoisotopic (exact) mass is 328 g/mol. The molecule has 0 aromatic heterocycles. The van der Waals surface area contributed by atoms with Gasteiger partial charge in [-0.1, -0.05) is 24.6 Å². The van der Waals surface area contributed by atoms with Crippen molar-refractivity contribution in [2.45, 2.75) is 44.6 Å². The van der Waals surface area contributed by atoms with E-state index in [-0.39, 0.29) is 5.75 Å². The minimum atomic E-state index is -4.64. The fourth-order valence-corrected chi connectivity index (χ4v) is 3.64. The second-order valence-corrected chi connectivity index (χ2v) is 6.43. The van der Waals surface area contributed by atoms with Crippen LogP contribution in [0.1, 0.15) is 31.2 Å². The molecule has 0 bridgehead atoms. The molecule has 2 aliphatic heterocycles. The summed E-state index contributed by atoms with van der Waals surface area (Å²) in [5.41, 5.74) is 0.601. The summed E-state index contributed by atoms with van der Waals surface area (Å²) in [5, 5.41) is 0. The van der Waals surface area contributed by atoms with E-state index < -0.39 is 6.36 Å². The van der Waals surface area contributed by atoms with Gasteiger partial charge < -0.3 is 4.74 Å². The first kappa shape index (κ1) is 16.6. The predicted molar refractivity (Wildman–Crippen MR) is 82.2 cm³/mol. The molecule has 2 heterocycles. The van der Waals surface area contributed by atoms with Gasteiger partial charge in [0.05, 0.1) is 0 Å². The molecule has 128 valence electrons. The molecule has 2 aliphatic rings. The molecule has 1 unspecified atom stereocenters. The Balaban J connectivity index is 1.60. The molecule has 1 aromatic rings. The van der Waals surface area contributed by atoms with E-state index in [0.29, 0.717) is 18.2 Å². The van der Waals surface area contributed by atoms with E-state index in [2.05, 4.69) is 14.5 Å². The van der Waals surface area contributed by atoms with Crippen molar-refractivity contribution in [1.82, 2.24) is 9.80 Å². The number of hydrogen-bond donors (Lipinski definition) is 0. The summed E-state index contributed by atoms with van der Waals surface area (Å²) in [5.74, 6) is -0.0820. The van der Waals surface area contributed by atoms with Gasteiger partial charge in [0, 0.05) is 31.2 Å². The number of hydrogen-bond acceptors (Lipinski definition) is 3. The molecule has 3 rings (SSSR count). The largest absolute Gasteiger partial charge is 0.573 e. The van der Waals surface area contributed by atoms with Crippen LogP contribution in [0.3, 0.4) is 0 Å². The molecular formula is C17H23F3N2O. The lowest BCUT2D eigenvalue weighted by Crippen LogP contribution is -2.40. The van der Waals surface area contributed by atoms with Crippen LogP contribution in [0.4, 0.5) is 13.2 Å². The summed E-state index contributed by atoms with van der Waals surface area (Å²) in [6, 6.07) is 6.99. The molecule has 0 aliphatic carbocycles. The zero-order valence-corrected chi connectivity index (χ0v) is 13.2. The lowest BCUT2D eigenvalue weighted by atomic mass is 10.1. The number of para-hydroxylation sites is 1. The quantitative estimate of drug-likeness (QED) is 0.839. The van der Waals surface area contributed by atoms with E-state index in [1.165, 1.54) is 25.3 Å².